The summed E-state index contributed by atoms with van der Waals surface area (Å²) in [5.41, 5.74) is 3.05. The van der Waals surface area contributed by atoms with E-state index in [1.807, 2.05) is 30.3 Å². The highest BCUT2D eigenvalue weighted by atomic mass is 16.2. The molecule has 0 radical (unpaired) electrons. The lowest BCUT2D eigenvalue weighted by Crippen LogP contribution is -2.52. The van der Waals surface area contributed by atoms with E-state index in [1.54, 1.807) is 18.2 Å². The first kappa shape index (κ1) is 17.4. The number of aromatic amines is 1. The highest BCUT2D eigenvalue weighted by molar-refractivity contribution is 6.11. The molecular weight excluding hydrogens is 370 g/mol. The largest absolute Gasteiger partial charge is 0.352 e. The molecule has 0 spiro atoms. The third-order valence-corrected chi connectivity index (χ3v) is 5.56. The van der Waals surface area contributed by atoms with Gasteiger partial charge in [-0.2, -0.15) is 0 Å². The summed E-state index contributed by atoms with van der Waals surface area (Å²) in [5.74, 6) is -1.17. The van der Waals surface area contributed by atoms with Gasteiger partial charge >= 0.3 is 0 Å². The fourth-order valence-electron chi connectivity index (χ4n) is 4.07. The number of amides is 3. The van der Waals surface area contributed by atoms with E-state index < -0.39 is 11.9 Å². The van der Waals surface area contributed by atoms with Gasteiger partial charge in [0, 0.05) is 35.0 Å². The molecule has 2 aliphatic heterocycles. The molecule has 3 aromatic rings. The Morgan fingerprint density at radius 3 is 2.66 bits per heavy atom. The van der Waals surface area contributed by atoms with Crippen LogP contribution in [0, 0.1) is 0 Å². The number of ketones is 1. The molecule has 2 aliphatic rings. The molecule has 3 heterocycles. The minimum absolute atomic E-state index is 0.157. The predicted octanol–water partition coefficient (Wildman–Crippen LogP) is 2.16. The van der Waals surface area contributed by atoms with Crippen LogP contribution in [0.5, 0.6) is 0 Å². The third-order valence-electron chi connectivity index (χ3n) is 5.56. The van der Waals surface area contributed by atoms with E-state index in [9.17, 15) is 19.2 Å². The van der Waals surface area contributed by atoms with Gasteiger partial charge in [-0.1, -0.05) is 24.3 Å². The number of H-pyrrole nitrogens is 1. The van der Waals surface area contributed by atoms with Crippen molar-refractivity contribution in [1.82, 2.24) is 15.2 Å². The molecule has 5 rings (SSSR count). The Labute approximate surface area is 165 Å². The van der Waals surface area contributed by atoms with Crippen LogP contribution in [-0.2, 0) is 16.1 Å². The van der Waals surface area contributed by atoms with Crippen molar-refractivity contribution in [2.24, 2.45) is 0 Å². The predicted molar refractivity (Wildman–Crippen MR) is 104 cm³/mol. The smallest absolute Gasteiger partial charge is 0.255 e. The van der Waals surface area contributed by atoms with Crippen LogP contribution < -0.4 is 5.32 Å². The van der Waals surface area contributed by atoms with Gasteiger partial charge in [0.05, 0.1) is 5.69 Å². The van der Waals surface area contributed by atoms with Crippen LogP contribution in [0.15, 0.2) is 48.5 Å². The van der Waals surface area contributed by atoms with Crippen LogP contribution in [0.3, 0.4) is 0 Å². The number of nitrogens with zero attached hydrogens (tertiary/aromatic N) is 1. The van der Waals surface area contributed by atoms with Gasteiger partial charge in [-0.15, -0.1) is 0 Å². The van der Waals surface area contributed by atoms with Crippen molar-refractivity contribution in [3.05, 3.63) is 70.9 Å². The van der Waals surface area contributed by atoms with E-state index >= 15 is 0 Å². The number of nitrogens with one attached hydrogen (secondary N) is 2. The molecule has 7 nitrogen and oxygen atoms in total. The molecule has 2 aromatic carbocycles. The maximum absolute atomic E-state index is 12.9. The molecule has 3 amide bonds. The number of rotatable bonds is 3. The molecule has 1 atom stereocenters. The van der Waals surface area contributed by atoms with Crippen molar-refractivity contribution in [1.29, 1.82) is 0 Å². The van der Waals surface area contributed by atoms with Gasteiger partial charge in [0.25, 0.3) is 5.91 Å². The summed E-state index contributed by atoms with van der Waals surface area (Å²) < 4.78 is 0. The number of hydrogen-bond donors (Lipinski definition) is 2. The Kier molecular flexibility index (Phi) is 3.84. The van der Waals surface area contributed by atoms with Crippen LogP contribution in [-0.4, -0.2) is 39.4 Å². The number of hydrogen-bond acceptors (Lipinski definition) is 4. The molecule has 1 aromatic heterocycles. The first-order chi connectivity index (χ1) is 14.0. The molecule has 1 fully saturated rings. The molecule has 0 saturated carbocycles. The third kappa shape index (κ3) is 2.82. The van der Waals surface area contributed by atoms with E-state index in [0.717, 1.165) is 10.9 Å². The summed E-state index contributed by atoms with van der Waals surface area (Å²) in [4.78, 5) is 53.8. The van der Waals surface area contributed by atoms with Gasteiger partial charge in [-0.05, 0) is 36.2 Å². The monoisotopic (exact) mass is 387 g/mol. The SMILES string of the molecule is O=C1CCC(N2Cc3cc(C(=O)c4cc5ccccc5[nH]4)ccc3C2=O)C(=O)N1. The van der Waals surface area contributed by atoms with Crippen molar-refractivity contribution < 1.29 is 19.2 Å². The number of imide groups is 1. The highest BCUT2D eigenvalue weighted by Crippen LogP contribution is 2.29. The molecule has 1 unspecified atom stereocenters. The van der Waals surface area contributed by atoms with Crippen molar-refractivity contribution in [3.63, 3.8) is 0 Å². The average Bonchev–Trinajstić information content (AvgIpc) is 3.28. The second-order valence-electron chi connectivity index (χ2n) is 7.37. The molecule has 144 valence electrons. The van der Waals surface area contributed by atoms with E-state index in [-0.39, 0.29) is 30.6 Å². The van der Waals surface area contributed by atoms with E-state index in [0.29, 0.717) is 28.8 Å². The number of carbonyl (C=O) groups is 4. The molecule has 0 bridgehead atoms. The number of fused-ring (bicyclic) bond motifs is 2. The minimum atomic E-state index is -0.666. The normalized spacial score (nSPS) is 18.8. The molecule has 1 saturated heterocycles. The lowest BCUT2D eigenvalue weighted by Gasteiger charge is -2.29. The molecule has 2 N–H and O–H groups in total. The van der Waals surface area contributed by atoms with Gasteiger partial charge in [0.1, 0.15) is 6.04 Å². The zero-order valence-corrected chi connectivity index (χ0v) is 15.4. The van der Waals surface area contributed by atoms with Gasteiger partial charge in [0.2, 0.25) is 17.6 Å². The van der Waals surface area contributed by atoms with Crippen molar-refractivity contribution >= 4 is 34.4 Å². The van der Waals surface area contributed by atoms with Crippen molar-refractivity contribution in [3.8, 4) is 0 Å². The Morgan fingerprint density at radius 2 is 1.86 bits per heavy atom. The summed E-state index contributed by atoms with van der Waals surface area (Å²) in [6, 6.07) is 13.8. The summed E-state index contributed by atoms with van der Waals surface area (Å²) in [6.45, 7) is 0.244. The quantitative estimate of drug-likeness (QED) is 0.531. The Balaban J connectivity index is 1.43. The van der Waals surface area contributed by atoms with Crippen LogP contribution in [0.1, 0.15) is 44.8 Å². The second-order valence-corrected chi connectivity index (χ2v) is 7.37. The summed E-state index contributed by atoms with van der Waals surface area (Å²) >= 11 is 0. The fraction of sp³-hybridized carbons (Fsp3) is 0.182. The number of para-hydroxylation sites is 1. The molecular formula is C22H17N3O4. The van der Waals surface area contributed by atoms with E-state index in [1.165, 1.54) is 4.90 Å². The number of piperidine rings is 1. The lowest BCUT2D eigenvalue weighted by atomic mass is 10.0. The number of aromatic nitrogens is 1. The zero-order valence-electron chi connectivity index (χ0n) is 15.4. The Morgan fingerprint density at radius 1 is 1.03 bits per heavy atom. The first-order valence-corrected chi connectivity index (χ1v) is 9.41. The van der Waals surface area contributed by atoms with Gasteiger partial charge in [0.15, 0.2) is 0 Å². The zero-order chi connectivity index (χ0) is 20.1. The van der Waals surface area contributed by atoms with Crippen LogP contribution >= 0.6 is 0 Å². The van der Waals surface area contributed by atoms with Crippen LogP contribution in [0.25, 0.3) is 10.9 Å². The Hall–Kier alpha value is -3.74. The van der Waals surface area contributed by atoms with Crippen molar-refractivity contribution in [2.45, 2.75) is 25.4 Å². The summed E-state index contributed by atoms with van der Waals surface area (Å²) in [7, 11) is 0. The molecule has 29 heavy (non-hydrogen) atoms. The van der Waals surface area contributed by atoms with E-state index in [4.69, 9.17) is 0 Å². The molecule has 7 heteroatoms. The maximum atomic E-state index is 12.9. The number of carbonyl (C=O) groups excluding carboxylic acids is 4. The summed E-state index contributed by atoms with van der Waals surface area (Å²) in [6.07, 6.45) is 0.520. The standard InChI is InChI=1S/C22H17N3O4/c26-19-8-7-18(21(28)24-19)25-11-14-9-13(5-6-15(14)22(25)29)20(27)17-10-12-3-1-2-4-16(12)23-17/h1-6,9-10,18,23H,7-8,11H2,(H,24,26,28). The molecule has 0 aliphatic carbocycles. The Bertz CT molecular complexity index is 1180. The lowest BCUT2D eigenvalue weighted by molar-refractivity contribution is -0.136. The summed E-state index contributed by atoms with van der Waals surface area (Å²) in [5, 5.41) is 3.24. The van der Waals surface area contributed by atoms with Gasteiger partial charge in [-0.25, -0.2) is 0 Å². The van der Waals surface area contributed by atoms with Crippen LogP contribution in [0.4, 0.5) is 0 Å². The average molecular weight is 387 g/mol. The minimum Gasteiger partial charge on any atom is -0.352 e. The second kappa shape index (κ2) is 6.41. The topological polar surface area (TPSA) is 99.3 Å². The van der Waals surface area contributed by atoms with Crippen LogP contribution in [0.2, 0.25) is 0 Å². The first-order valence-electron chi connectivity index (χ1n) is 9.41. The fourth-order valence-corrected chi connectivity index (χ4v) is 4.07. The van der Waals surface area contributed by atoms with Gasteiger partial charge in [-0.3, -0.25) is 24.5 Å². The highest BCUT2D eigenvalue weighted by Gasteiger charge is 2.39. The maximum Gasteiger partial charge on any atom is 0.255 e. The number of benzene rings is 2. The van der Waals surface area contributed by atoms with Gasteiger partial charge < -0.3 is 9.88 Å². The van der Waals surface area contributed by atoms with Crippen molar-refractivity contribution in [2.75, 3.05) is 0 Å². The van der Waals surface area contributed by atoms with E-state index in [2.05, 4.69) is 10.3 Å².